The van der Waals surface area contributed by atoms with Crippen molar-refractivity contribution in [1.82, 2.24) is 9.88 Å². The molecule has 0 bridgehead atoms. The highest BCUT2D eigenvalue weighted by atomic mass is 35.5. The molecule has 0 aliphatic carbocycles. The van der Waals surface area contributed by atoms with Gasteiger partial charge in [0, 0.05) is 48.3 Å². The van der Waals surface area contributed by atoms with Crippen LogP contribution < -0.4 is 4.90 Å². The summed E-state index contributed by atoms with van der Waals surface area (Å²) in [5.41, 5.74) is 3.37. The van der Waals surface area contributed by atoms with Crippen molar-refractivity contribution in [3.63, 3.8) is 0 Å². The third-order valence-electron chi connectivity index (χ3n) is 5.49. The van der Waals surface area contributed by atoms with Crippen molar-refractivity contribution < 1.29 is 9.53 Å². The number of thioether (sulfide) groups is 1. The van der Waals surface area contributed by atoms with Crippen LogP contribution >= 0.6 is 34.7 Å². The van der Waals surface area contributed by atoms with Crippen LogP contribution in [0.5, 0.6) is 0 Å². The zero-order valence-electron chi connectivity index (χ0n) is 18.5. The van der Waals surface area contributed by atoms with Crippen molar-refractivity contribution in [2.45, 2.75) is 25.2 Å². The first-order valence-corrected chi connectivity index (χ1v) is 13.0. The lowest BCUT2D eigenvalue weighted by Crippen LogP contribution is -2.43. The first kappa shape index (κ1) is 23.5. The third kappa shape index (κ3) is 6.02. The van der Waals surface area contributed by atoms with Crippen LogP contribution in [0.15, 0.2) is 41.3 Å². The van der Waals surface area contributed by atoms with Crippen molar-refractivity contribution in [2.24, 2.45) is 0 Å². The van der Waals surface area contributed by atoms with Crippen molar-refractivity contribution in [3.8, 4) is 0 Å². The molecule has 170 valence electrons. The molecule has 0 saturated carbocycles. The van der Waals surface area contributed by atoms with E-state index in [1.165, 1.54) is 5.56 Å². The van der Waals surface area contributed by atoms with Gasteiger partial charge in [-0.25, -0.2) is 4.98 Å². The molecule has 1 saturated heterocycles. The number of amides is 1. The Hall–Kier alpha value is -1.64. The largest absolute Gasteiger partial charge is 0.379 e. The van der Waals surface area contributed by atoms with Crippen LogP contribution in [0.25, 0.3) is 10.2 Å². The van der Waals surface area contributed by atoms with Gasteiger partial charge >= 0.3 is 0 Å². The van der Waals surface area contributed by atoms with Gasteiger partial charge in [-0.1, -0.05) is 29.0 Å². The number of fused-ring (bicyclic) bond motifs is 1. The van der Waals surface area contributed by atoms with Crippen LogP contribution in [0.4, 0.5) is 5.13 Å². The molecule has 0 atom stereocenters. The Morgan fingerprint density at radius 2 is 1.97 bits per heavy atom. The number of carbonyl (C=O) groups excluding carboxylic acids is 1. The van der Waals surface area contributed by atoms with Crippen LogP contribution in [0, 0.1) is 13.8 Å². The molecule has 2 heterocycles. The number of benzene rings is 2. The van der Waals surface area contributed by atoms with E-state index in [0.717, 1.165) is 69.4 Å². The minimum Gasteiger partial charge on any atom is -0.379 e. The van der Waals surface area contributed by atoms with E-state index in [1.54, 1.807) is 23.1 Å². The van der Waals surface area contributed by atoms with E-state index in [4.69, 9.17) is 21.3 Å². The van der Waals surface area contributed by atoms with Gasteiger partial charge in [-0.05, 0) is 55.3 Å². The van der Waals surface area contributed by atoms with Gasteiger partial charge in [0.25, 0.3) is 0 Å². The monoisotopic (exact) mass is 489 g/mol. The Morgan fingerprint density at radius 1 is 1.22 bits per heavy atom. The fourth-order valence-corrected chi connectivity index (χ4v) is 5.94. The minimum atomic E-state index is 0.119. The smallest absolute Gasteiger partial charge is 0.229 e. The van der Waals surface area contributed by atoms with Crippen molar-refractivity contribution in [1.29, 1.82) is 0 Å². The number of halogens is 1. The van der Waals surface area contributed by atoms with Crippen molar-refractivity contribution in [2.75, 3.05) is 50.0 Å². The molecule has 32 heavy (non-hydrogen) atoms. The maximum absolute atomic E-state index is 13.3. The van der Waals surface area contributed by atoms with Gasteiger partial charge in [0.05, 0.1) is 23.4 Å². The SMILES string of the molecule is Cc1cc(C)c2nc(N(CCN3CCOCC3)C(=O)CCSc3ccc(Cl)cc3)sc2c1. The molecule has 1 amide bonds. The second-order valence-corrected chi connectivity index (χ2v) is 10.6. The Morgan fingerprint density at radius 3 is 2.72 bits per heavy atom. The van der Waals surface area contributed by atoms with E-state index in [9.17, 15) is 4.79 Å². The number of rotatable bonds is 8. The highest BCUT2D eigenvalue weighted by molar-refractivity contribution is 7.99. The molecular formula is C24H28ClN3O2S2. The zero-order valence-corrected chi connectivity index (χ0v) is 20.9. The third-order valence-corrected chi connectivity index (χ3v) is 7.78. The molecule has 1 aliphatic heterocycles. The summed E-state index contributed by atoms with van der Waals surface area (Å²) in [6.45, 7) is 8.98. The van der Waals surface area contributed by atoms with Gasteiger partial charge < -0.3 is 4.74 Å². The molecule has 3 aromatic rings. The number of thiazole rings is 1. The molecule has 4 rings (SSSR count). The molecule has 0 radical (unpaired) electrons. The Bertz CT molecular complexity index is 1070. The molecule has 8 heteroatoms. The molecule has 0 spiro atoms. The van der Waals surface area contributed by atoms with Gasteiger partial charge in [-0.2, -0.15) is 0 Å². The fourth-order valence-electron chi connectivity index (χ4n) is 3.79. The van der Waals surface area contributed by atoms with E-state index in [-0.39, 0.29) is 5.91 Å². The van der Waals surface area contributed by atoms with Gasteiger partial charge in [0.15, 0.2) is 5.13 Å². The maximum Gasteiger partial charge on any atom is 0.229 e. The summed E-state index contributed by atoms with van der Waals surface area (Å²) in [6, 6.07) is 12.1. The Kier molecular flexibility index (Phi) is 8.07. The first-order valence-electron chi connectivity index (χ1n) is 10.9. The van der Waals surface area contributed by atoms with E-state index >= 15 is 0 Å². The average Bonchev–Trinajstić information content (AvgIpc) is 3.20. The van der Waals surface area contributed by atoms with Crippen LogP contribution in [0.2, 0.25) is 5.02 Å². The lowest BCUT2D eigenvalue weighted by atomic mass is 10.1. The summed E-state index contributed by atoms with van der Waals surface area (Å²) in [4.78, 5) is 23.5. The predicted octanol–water partition coefficient (Wildman–Crippen LogP) is 5.41. The number of aryl methyl sites for hydroxylation is 2. The lowest BCUT2D eigenvalue weighted by molar-refractivity contribution is -0.118. The van der Waals surface area contributed by atoms with Gasteiger partial charge in [0.2, 0.25) is 5.91 Å². The minimum absolute atomic E-state index is 0.119. The maximum atomic E-state index is 13.3. The van der Waals surface area contributed by atoms with Crippen LogP contribution in [0.1, 0.15) is 17.5 Å². The molecule has 1 aliphatic rings. The average molecular weight is 490 g/mol. The topological polar surface area (TPSA) is 45.7 Å². The second kappa shape index (κ2) is 11.0. The summed E-state index contributed by atoms with van der Waals surface area (Å²) in [6.07, 6.45) is 0.463. The molecule has 1 fully saturated rings. The van der Waals surface area contributed by atoms with Crippen LogP contribution in [0.3, 0.4) is 0 Å². The number of anilines is 1. The predicted molar refractivity (Wildman–Crippen MR) is 135 cm³/mol. The normalized spacial score (nSPS) is 14.7. The zero-order chi connectivity index (χ0) is 22.5. The Balaban J connectivity index is 1.48. The van der Waals surface area contributed by atoms with E-state index in [1.807, 2.05) is 29.2 Å². The molecular weight excluding hydrogens is 462 g/mol. The number of morpholine rings is 1. The molecule has 0 unspecified atom stereocenters. The van der Waals surface area contributed by atoms with Gasteiger partial charge in [-0.15, -0.1) is 11.8 Å². The van der Waals surface area contributed by atoms with E-state index < -0.39 is 0 Å². The summed E-state index contributed by atoms with van der Waals surface area (Å²) < 4.78 is 6.60. The number of hydrogen-bond donors (Lipinski definition) is 0. The number of nitrogens with zero attached hydrogens (tertiary/aromatic N) is 3. The molecule has 0 N–H and O–H groups in total. The summed E-state index contributed by atoms with van der Waals surface area (Å²) in [5, 5.41) is 1.52. The first-order chi connectivity index (χ1) is 15.5. The second-order valence-electron chi connectivity index (χ2n) is 7.98. The quantitative estimate of drug-likeness (QED) is 0.396. The van der Waals surface area contributed by atoms with Crippen LogP contribution in [-0.2, 0) is 9.53 Å². The van der Waals surface area contributed by atoms with Crippen LogP contribution in [-0.4, -0.2) is 60.9 Å². The highest BCUT2D eigenvalue weighted by Gasteiger charge is 2.22. The van der Waals surface area contributed by atoms with Gasteiger partial charge in [-0.3, -0.25) is 14.6 Å². The summed E-state index contributed by atoms with van der Waals surface area (Å²) in [7, 11) is 0. The highest BCUT2D eigenvalue weighted by Crippen LogP contribution is 2.32. The fraction of sp³-hybridized carbons (Fsp3) is 0.417. The summed E-state index contributed by atoms with van der Waals surface area (Å²) in [5.74, 6) is 0.838. The summed E-state index contributed by atoms with van der Waals surface area (Å²) >= 11 is 9.26. The standard InChI is InChI=1S/C24H28ClN3O2S2/c1-17-15-18(2)23-21(16-17)32-24(26-23)28(9-8-27-10-12-30-13-11-27)22(29)7-14-31-20-5-3-19(25)4-6-20/h3-6,15-16H,7-14H2,1-2H3. The Labute approximate surface area is 202 Å². The number of ether oxygens (including phenoxy) is 1. The van der Waals surface area contributed by atoms with Crippen molar-refractivity contribution in [3.05, 3.63) is 52.5 Å². The van der Waals surface area contributed by atoms with Crippen molar-refractivity contribution >= 4 is 56.0 Å². The van der Waals surface area contributed by atoms with E-state index in [2.05, 4.69) is 30.9 Å². The number of carbonyl (C=O) groups is 1. The van der Waals surface area contributed by atoms with Gasteiger partial charge in [0.1, 0.15) is 0 Å². The molecule has 5 nitrogen and oxygen atoms in total. The lowest BCUT2D eigenvalue weighted by Gasteiger charge is -2.29. The molecule has 1 aromatic heterocycles. The molecule has 2 aromatic carbocycles. The number of aromatic nitrogens is 1. The number of hydrogen-bond acceptors (Lipinski definition) is 6. The van der Waals surface area contributed by atoms with E-state index in [0.29, 0.717) is 13.0 Å².